The Morgan fingerprint density at radius 3 is 2.52 bits per heavy atom. The van der Waals surface area contributed by atoms with E-state index in [1.54, 1.807) is 0 Å². The number of rotatable bonds is 4. The Balaban J connectivity index is 1.82. The third-order valence-electron chi connectivity index (χ3n) is 5.11. The molecule has 2 saturated heterocycles. The summed E-state index contributed by atoms with van der Waals surface area (Å²) in [4.78, 5) is 27.7. The van der Waals surface area contributed by atoms with E-state index in [0.717, 1.165) is 45.3 Å². The highest BCUT2D eigenvalue weighted by Gasteiger charge is 2.38. The van der Waals surface area contributed by atoms with Gasteiger partial charge in [-0.15, -0.1) is 0 Å². The van der Waals surface area contributed by atoms with E-state index in [2.05, 4.69) is 0 Å². The number of nitrogens with zero attached hydrogens (tertiary/aromatic N) is 2. The normalized spacial score (nSPS) is 22.5. The summed E-state index contributed by atoms with van der Waals surface area (Å²) in [6, 6.07) is 0. The molecule has 2 aliphatic rings. The molecule has 0 saturated carbocycles. The van der Waals surface area contributed by atoms with Gasteiger partial charge in [0, 0.05) is 39.7 Å². The summed E-state index contributed by atoms with van der Waals surface area (Å²) in [5, 5.41) is 0. The summed E-state index contributed by atoms with van der Waals surface area (Å²) < 4.78 is 5.25. The van der Waals surface area contributed by atoms with E-state index in [4.69, 9.17) is 4.74 Å². The van der Waals surface area contributed by atoms with Crippen molar-refractivity contribution in [2.75, 3.05) is 39.9 Å². The van der Waals surface area contributed by atoms with Crippen molar-refractivity contribution in [3.63, 3.8) is 0 Å². The van der Waals surface area contributed by atoms with Crippen LogP contribution in [0.15, 0.2) is 0 Å². The van der Waals surface area contributed by atoms with Crippen molar-refractivity contribution in [2.24, 2.45) is 5.41 Å². The zero-order chi connectivity index (χ0) is 15.3. The quantitative estimate of drug-likeness (QED) is 0.741. The summed E-state index contributed by atoms with van der Waals surface area (Å²) >= 11 is 0. The molecule has 2 fully saturated rings. The number of amides is 2. The van der Waals surface area contributed by atoms with Gasteiger partial charge in [-0.3, -0.25) is 9.59 Å². The smallest absolute Gasteiger partial charge is 0.224 e. The van der Waals surface area contributed by atoms with E-state index in [1.165, 1.54) is 0 Å². The van der Waals surface area contributed by atoms with Gasteiger partial charge in [0.25, 0.3) is 0 Å². The zero-order valence-electron chi connectivity index (χ0n) is 13.4. The van der Waals surface area contributed by atoms with Gasteiger partial charge in [0.15, 0.2) is 0 Å². The maximum absolute atomic E-state index is 12.1. The van der Waals surface area contributed by atoms with Gasteiger partial charge in [-0.2, -0.15) is 0 Å². The monoisotopic (exact) mass is 296 g/mol. The van der Waals surface area contributed by atoms with Crippen molar-refractivity contribution >= 4 is 11.8 Å². The third-order valence-corrected chi connectivity index (χ3v) is 5.11. The lowest BCUT2D eigenvalue weighted by Gasteiger charge is -2.41. The number of ether oxygens (including phenoxy) is 1. The summed E-state index contributed by atoms with van der Waals surface area (Å²) in [7, 11) is 1.90. The fourth-order valence-corrected chi connectivity index (χ4v) is 3.41. The van der Waals surface area contributed by atoms with Gasteiger partial charge >= 0.3 is 0 Å². The fraction of sp³-hybridized carbons (Fsp3) is 0.875. The number of carbonyl (C=O) groups excluding carboxylic acids is 2. The first kappa shape index (κ1) is 16.3. The topological polar surface area (TPSA) is 49.9 Å². The van der Waals surface area contributed by atoms with Gasteiger partial charge in [0.2, 0.25) is 11.8 Å². The van der Waals surface area contributed by atoms with Crippen LogP contribution in [0.5, 0.6) is 0 Å². The third kappa shape index (κ3) is 4.19. The minimum atomic E-state index is 0.208. The maximum atomic E-state index is 12.1. The molecular formula is C16H28N2O3. The molecule has 0 aromatic carbocycles. The molecule has 0 bridgehead atoms. The van der Waals surface area contributed by atoms with Crippen molar-refractivity contribution in [1.82, 2.24) is 9.80 Å². The highest BCUT2D eigenvalue weighted by Crippen LogP contribution is 2.41. The molecule has 5 heteroatoms. The Morgan fingerprint density at radius 1 is 1.19 bits per heavy atom. The standard InChI is InChI=1S/C16H28N2O3/c1-3-21-13-5-15(20)18-11-8-16(9-12-18)6-4-14(19)17(2)10-7-16/h3-13H2,1-2H3. The predicted octanol–water partition coefficient (Wildman–Crippen LogP) is 1.66. The van der Waals surface area contributed by atoms with Crippen LogP contribution in [0.4, 0.5) is 0 Å². The number of hydrogen-bond acceptors (Lipinski definition) is 3. The molecule has 0 aromatic heterocycles. The van der Waals surface area contributed by atoms with Crippen LogP contribution in [0.2, 0.25) is 0 Å². The van der Waals surface area contributed by atoms with E-state index >= 15 is 0 Å². The molecule has 2 rings (SSSR count). The lowest BCUT2D eigenvalue weighted by Crippen LogP contribution is -2.43. The minimum Gasteiger partial charge on any atom is -0.381 e. The number of piperidine rings is 1. The first-order chi connectivity index (χ1) is 10.1. The van der Waals surface area contributed by atoms with Gasteiger partial charge in [-0.1, -0.05) is 0 Å². The van der Waals surface area contributed by atoms with E-state index in [-0.39, 0.29) is 17.2 Å². The van der Waals surface area contributed by atoms with Gasteiger partial charge < -0.3 is 14.5 Å². The second-order valence-electron chi connectivity index (χ2n) is 6.39. The van der Waals surface area contributed by atoms with Crippen LogP contribution < -0.4 is 0 Å². The summed E-state index contributed by atoms with van der Waals surface area (Å²) in [6.07, 6.45) is 5.28. The highest BCUT2D eigenvalue weighted by atomic mass is 16.5. The molecule has 0 unspecified atom stereocenters. The van der Waals surface area contributed by atoms with E-state index in [0.29, 0.717) is 26.1 Å². The SMILES string of the molecule is CCOCCC(=O)N1CCC2(CCC(=O)N(C)CC2)CC1. The zero-order valence-corrected chi connectivity index (χ0v) is 13.4. The van der Waals surface area contributed by atoms with Crippen LogP contribution in [0, 0.1) is 5.41 Å². The average molecular weight is 296 g/mol. The van der Waals surface area contributed by atoms with Crippen molar-refractivity contribution in [3.05, 3.63) is 0 Å². The molecule has 0 N–H and O–H groups in total. The minimum absolute atomic E-state index is 0.208. The van der Waals surface area contributed by atoms with Crippen LogP contribution in [0.3, 0.4) is 0 Å². The molecule has 2 heterocycles. The molecule has 2 aliphatic heterocycles. The highest BCUT2D eigenvalue weighted by molar-refractivity contribution is 5.77. The van der Waals surface area contributed by atoms with Crippen molar-refractivity contribution < 1.29 is 14.3 Å². The van der Waals surface area contributed by atoms with E-state index < -0.39 is 0 Å². The Hall–Kier alpha value is -1.10. The van der Waals surface area contributed by atoms with Gasteiger partial charge in [-0.05, 0) is 38.0 Å². The van der Waals surface area contributed by atoms with E-state index in [9.17, 15) is 9.59 Å². The molecule has 0 aromatic rings. The number of hydrogen-bond donors (Lipinski definition) is 0. The molecule has 2 amide bonds. The average Bonchev–Trinajstić information content (AvgIpc) is 2.63. The van der Waals surface area contributed by atoms with Crippen molar-refractivity contribution in [3.8, 4) is 0 Å². The Morgan fingerprint density at radius 2 is 1.86 bits per heavy atom. The second kappa shape index (κ2) is 7.25. The van der Waals surface area contributed by atoms with Crippen molar-refractivity contribution in [2.45, 2.75) is 45.4 Å². The van der Waals surface area contributed by atoms with Crippen molar-refractivity contribution in [1.29, 1.82) is 0 Å². The first-order valence-electron chi connectivity index (χ1n) is 8.16. The summed E-state index contributed by atoms with van der Waals surface area (Å²) in [5.74, 6) is 0.474. The van der Waals surface area contributed by atoms with Gasteiger partial charge in [0.05, 0.1) is 13.0 Å². The Bertz CT molecular complexity index is 376. The Labute approximate surface area is 127 Å². The molecule has 0 aliphatic carbocycles. The van der Waals surface area contributed by atoms with Gasteiger partial charge in [0.1, 0.15) is 0 Å². The fourth-order valence-electron chi connectivity index (χ4n) is 3.41. The van der Waals surface area contributed by atoms with Crippen LogP contribution in [0.25, 0.3) is 0 Å². The first-order valence-corrected chi connectivity index (χ1v) is 8.16. The molecular weight excluding hydrogens is 268 g/mol. The molecule has 1 spiro atoms. The predicted molar refractivity (Wildman–Crippen MR) is 80.8 cm³/mol. The van der Waals surface area contributed by atoms with Gasteiger partial charge in [-0.25, -0.2) is 0 Å². The molecule has 0 atom stereocenters. The molecule has 120 valence electrons. The second-order valence-corrected chi connectivity index (χ2v) is 6.39. The molecule has 0 radical (unpaired) electrons. The summed E-state index contributed by atoms with van der Waals surface area (Å²) in [5.41, 5.74) is 0.275. The Kier molecular flexibility index (Phi) is 5.62. The lowest BCUT2D eigenvalue weighted by molar-refractivity contribution is -0.135. The van der Waals surface area contributed by atoms with Crippen LogP contribution in [0.1, 0.15) is 45.4 Å². The largest absolute Gasteiger partial charge is 0.381 e. The van der Waals surface area contributed by atoms with Crippen LogP contribution >= 0.6 is 0 Å². The lowest BCUT2D eigenvalue weighted by atomic mass is 9.73. The number of likely N-dealkylation sites (tertiary alicyclic amines) is 2. The maximum Gasteiger partial charge on any atom is 0.224 e. The van der Waals surface area contributed by atoms with Crippen LogP contribution in [-0.2, 0) is 14.3 Å². The van der Waals surface area contributed by atoms with E-state index in [1.807, 2.05) is 23.8 Å². The summed E-state index contributed by atoms with van der Waals surface area (Å²) in [6.45, 7) is 5.66. The molecule has 5 nitrogen and oxygen atoms in total. The number of carbonyl (C=O) groups is 2. The van der Waals surface area contributed by atoms with Crippen LogP contribution in [-0.4, -0.2) is 61.5 Å². The molecule has 21 heavy (non-hydrogen) atoms.